The molecule has 5 rings (SSSR count). The van der Waals surface area contributed by atoms with Crippen LogP contribution in [0.5, 0.6) is 5.75 Å². The molecule has 0 saturated carbocycles. The minimum atomic E-state index is -0.292. The highest BCUT2D eigenvalue weighted by molar-refractivity contribution is 6.06. The molecular weight excluding hydrogens is 508 g/mol. The zero-order valence-electron chi connectivity index (χ0n) is 22.9. The highest BCUT2D eigenvalue weighted by atomic mass is 16.5. The molecular formula is C31H34N4O5. The molecule has 0 aromatic heterocycles. The number of amides is 3. The number of rotatable bonds is 6. The van der Waals surface area contributed by atoms with Crippen LogP contribution in [0.1, 0.15) is 36.6 Å². The lowest BCUT2D eigenvalue weighted by Crippen LogP contribution is -2.49. The van der Waals surface area contributed by atoms with Crippen molar-refractivity contribution in [2.75, 3.05) is 69.8 Å². The SMILES string of the molecule is COc1cccc(C(=O)Nc2ccc(N3CCN(C(=O)c4ccc(C)cc4)CC3)c(C(=O)N3CCOCC3)c2)c1. The summed E-state index contributed by atoms with van der Waals surface area (Å²) in [5.74, 6) is 0.208. The van der Waals surface area contributed by atoms with E-state index < -0.39 is 0 Å². The lowest BCUT2D eigenvalue weighted by molar-refractivity contribution is 0.0303. The maximum absolute atomic E-state index is 13.7. The van der Waals surface area contributed by atoms with Gasteiger partial charge in [-0.05, 0) is 55.5 Å². The maximum Gasteiger partial charge on any atom is 0.256 e. The Labute approximate surface area is 234 Å². The number of nitrogens with zero attached hydrogens (tertiary/aromatic N) is 3. The fraction of sp³-hybridized carbons (Fsp3) is 0.323. The Balaban J connectivity index is 1.35. The molecule has 9 nitrogen and oxygen atoms in total. The molecule has 1 N–H and O–H groups in total. The molecule has 0 bridgehead atoms. The van der Waals surface area contributed by atoms with Crippen LogP contribution < -0.4 is 15.0 Å². The predicted octanol–water partition coefficient (Wildman–Crippen LogP) is 3.69. The van der Waals surface area contributed by atoms with E-state index in [1.54, 1.807) is 42.3 Å². The fourth-order valence-electron chi connectivity index (χ4n) is 4.99. The molecule has 2 aliphatic rings. The zero-order valence-corrected chi connectivity index (χ0v) is 22.9. The largest absolute Gasteiger partial charge is 0.497 e. The van der Waals surface area contributed by atoms with Crippen molar-refractivity contribution in [3.05, 3.63) is 89.0 Å². The second kappa shape index (κ2) is 12.2. The van der Waals surface area contributed by atoms with Gasteiger partial charge >= 0.3 is 0 Å². The van der Waals surface area contributed by atoms with E-state index in [2.05, 4.69) is 10.2 Å². The van der Waals surface area contributed by atoms with Gasteiger partial charge in [-0.1, -0.05) is 23.8 Å². The molecule has 2 heterocycles. The number of morpholine rings is 1. The van der Waals surface area contributed by atoms with Crippen molar-refractivity contribution in [2.45, 2.75) is 6.92 Å². The number of anilines is 2. The lowest BCUT2D eigenvalue weighted by atomic mass is 10.1. The first-order valence-corrected chi connectivity index (χ1v) is 13.5. The second-order valence-corrected chi connectivity index (χ2v) is 9.97. The molecule has 40 heavy (non-hydrogen) atoms. The Kier molecular flexibility index (Phi) is 8.31. The lowest BCUT2D eigenvalue weighted by Gasteiger charge is -2.37. The van der Waals surface area contributed by atoms with Crippen molar-refractivity contribution in [3.63, 3.8) is 0 Å². The second-order valence-electron chi connectivity index (χ2n) is 9.97. The van der Waals surface area contributed by atoms with Crippen LogP contribution in [-0.2, 0) is 4.74 Å². The average molecular weight is 543 g/mol. The Morgan fingerprint density at radius 3 is 2.17 bits per heavy atom. The molecule has 3 aromatic rings. The third kappa shape index (κ3) is 6.10. The maximum atomic E-state index is 13.7. The molecule has 3 aromatic carbocycles. The number of nitrogens with one attached hydrogen (secondary N) is 1. The van der Waals surface area contributed by atoms with Crippen LogP contribution in [0, 0.1) is 6.92 Å². The summed E-state index contributed by atoms with van der Waals surface area (Å²) in [5, 5.41) is 2.92. The number of aryl methyl sites for hydroxylation is 1. The van der Waals surface area contributed by atoms with Crippen LogP contribution in [0.3, 0.4) is 0 Å². The number of hydrogen-bond donors (Lipinski definition) is 1. The van der Waals surface area contributed by atoms with E-state index in [0.717, 1.165) is 11.3 Å². The van der Waals surface area contributed by atoms with Gasteiger partial charge in [0.1, 0.15) is 5.75 Å². The van der Waals surface area contributed by atoms with E-state index in [0.29, 0.717) is 80.6 Å². The highest BCUT2D eigenvalue weighted by Crippen LogP contribution is 2.28. The van der Waals surface area contributed by atoms with Gasteiger partial charge in [0.15, 0.2) is 0 Å². The van der Waals surface area contributed by atoms with Crippen LogP contribution in [0.2, 0.25) is 0 Å². The van der Waals surface area contributed by atoms with Gasteiger partial charge in [-0.2, -0.15) is 0 Å². The minimum Gasteiger partial charge on any atom is -0.497 e. The van der Waals surface area contributed by atoms with Crippen LogP contribution >= 0.6 is 0 Å². The molecule has 0 radical (unpaired) electrons. The van der Waals surface area contributed by atoms with E-state index in [1.807, 2.05) is 48.2 Å². The number of piperazine rings is 1. The molecule has 3 amide bonds. The van der Waals surface area contributed by atoms with Crippen molar-refractivity contribution in [1.29, 1.82) is 0 Å². The summed E-state index contributed by atoms with van der Waals surface area (Å²) in [6, 6.07) is 20.0. The van der Waals surface area contributed by atoms with Crippen molar-refractivity contribution >= 4 is 29.1 Å². The van der Waals surface area contributed by atoms with E-state index >= 15 is 0 Å². The van der Waals surface area contributed by atoms with Gasteiger partial charge in [-0.15, -0.1) is 0 Å². The highest BCUT2D eigenvalue weighted by Gasteiger charge is 2.28. The molecule has 2 aliphatic heterocycles. The van der Waals surface area contributed by atoms with Crippen molar-refractivity contribution < 1.29 is 23.9 Å². The minimum absolute atomic E-state index is 0.0138. The van der Waals surface area contributed by atoms with E-state index in [1.165, 1.54) is 0 Å². The Hall–Kier alpha value is -4.37. The van der Waals surface area contributed by atoms with Gasteiger partial charge in [0.2, 0.25) is 0 Å². The van der Waals surface area contributed by atoms with Crippen LogP contribution in [0.25, 0.3) is 0 Å². The smallest absolute Gasteiger partial charge is 0.256 e. The third-order valence-corrected chi connectivity index (χ3v) is 7.32. The van der Waals surface area contributed by atoms with Crippen LogP contribution in [0.4, 0.5) is 11.4 Å². The Bertz CT molecular complexity index is 1380. The number of benzene rings is 3. The molecule has 0 unspecified atom stereocenters. The summed E-state index contributed by atoms with van der Waals surface area (Å²) in [6.07, 6.45) is 0. The molecule has 0 atom stereocenters. The Morgan fingerprint density at radius 1 is 0.775 bits per heavy atom. The topological polar surface area (TPSA) is 91.4 Å². The normalized spacial score (nSPS) is 15.5. The van der Waals surface area contributed by atoms with Gasteiger partial charge in [0, 0.05) is 61.8 Å². The van der Waals surface area contributed by atoms with E-state index in [-0.39, 0.29) is 17.7 Å². The summed E-state index contributed by atoms with van der Waals surface area (Å²) < 4.78 is 10.7. The quantitative estimate of drug-likeness (QED) is 0.511. The van der Waals surface area contributed by atoms with Crippen molar-refractivity contribution in [2.24, 2.45) is 0 Å². The van der Waals surface area contributed by atoms with Gasteiger partial charge in [-0.3, -0.25) is 14.4 Å². The Morgan fingerprint density at radius 2 is 1.48 bits per heavy atom. The molecule has 2 fully saturated rings. The summed E-state index contributed by atoms with van der Waals surface area (Å²) in [5.41, 5.74) is 4.09. The van der Waals surface area contributed by atoms with Crippen molar-refractivity contribution in [3.8, 4) is 5.75 Å². The number of methoxy groups -OCH3 is 1. The van der Waals surface area contributed by atoms with Crippen molar-refractivity contribution in [1.82, 2.24) is 9.80 Å². The van der Waals surface area contributed by atoms with Gasteiger partial charge in [0.05, 0.1) is 25.9 Å². The fourth-order valence-corrected chi connectivity index (χ4v) is 4.99. The van der Waals surface area contributed by atoms with Gasteiger partial charge < -0.3 is 29.5 Å². The summed E-state index contributed by atoms with van der Waals surface area (Å²) in [7, 11) is 1.55. The number of hydrogen-bond acceptors (Lipinski definition) is 6. The molecule has 0 aliphatic carbocycles. The van der Waals surface area contributed by atoms with Gasteiger partial charge in [-0.25, -0.2) is 0 Å². The van der Waals surface area contributed by atoms with Crippen LogP contribution in [0.15, 0.2) is 66.7 Å². The van der Waals surface area contributed by atoms with E-state index in [4.69, 9.17) is 9.47 Å². The summed E-state index contributed by atoms with van der Waals surface area (Å²) >= 11 is 0. The third-order valence-electron chi connectivity index (χ3n) is 7.32. The standard InChI is InChI=1S/C31H34N4O5/c1-22-6-8-23(9-7-22)30(37)34-14-12-33(13-15-34)28-11-10-25(21-27(28)31(38)35-16-18-40-19-17-35)32-29(36)24-4-3-5-26(20-24)39-2/h3-11,20-21H,12-19H2,1-2H3,(H,32,36). The first kappa shape index (κ1) is 27.2. The molecule has 0 spiro atoms. The number of carbonyl (C=O) groups excluding carboxylic acids is 3. The van der Waals surface area contributed by atoms with Gasteiger partial charge in [0.25, 0.3) is 17.7 Å². The molecule has 208 valence electrons. The average Bonchev–Trinajstić information content (AvgIpc) is 3.01. The molecule has 9 heteroatoms. The first-order chi connectivity index (χ1) is 19.4. The zero-order chi connectivity index (χ0) is 28.1. The molecule has 2 saturated heterocycles. The number of carbonyl (C=O) groups is 3. The first-order valence-electron chi connectivity index (χ1n) is 13.5. The monoisotopic (exact) mass is 542 g/mol. The predicted molar refractivity (Wildman–Crippen MR) is 153 cm³/mol. The van der Waals surface area contributed by atoms with E-state index in [9.17, 15) is 14.4 Å². The number of ether oxygens (including phenoxy) is 2. The summed E-state index contributed by atoms with van der Waals surface area (Å²) in [4.78, 5) is 45.5. The summed E-state index contributed by atoms with van der Waals surface area (Å²) in [6.45, 7) is 6.29. The van der Waals surface area contributed by atoms with Crippen LogP contribution in [-0.4, -0.2) is 87.1 Å².